The normalized spacial score (nSPS) is 10.8. The molecule has 0 saturated carbocycles. The first-order valence-electron chi connectivity index (χ1n) is 7.90. The van der Waals surface area contributed by atoms with Gasteiger partial charge in [-0.3, -0.25) is 10.2 Å². The Kier molecular flexibility index (Phi) is 4.95. The number of benzene rings is 3. The Bertz CT molecular complexity index is 897. The summed E-state index contributed by atoms with van der Waals surface area (Å²) in [7, 11) is 3.95. The van der Waals surface area contributed by atoms with E-state index >= 15 is 0 Å². The van der Waals surface area contributed by atoms with Crippen LogP contribution in [0.1, 0.15) is 5.56 Å². The number of carbonyl (C=O) groups excluding carboxylic acids is 1. The summed E-state index contributed by atoms with van der Waals surface area (Å²) in [6, 6.07) is 21.3. The van der Waals surface area contributed by atoms with Crippen LogP contribution in [0.15, 0.2) is 71.9 Å². The monoisotopic (exact) mass is 333 g/mol. The van der Waals surface area contributed by atoms with Crippen LogP contribution in [0.4, 0.5) is 16.2 Å². The largest absolute Gasteiger partial charge is 0.437 e. The summed E-state index contributed by atoms with van der Waals surface area (Å²) in [5.41, 5.74) is 2.63. The fraction of sp³-hybridized carbons (Fsp3) is 0.100. The Balaban J connectivity index is 1.62. The molecule has 0 bridgehead atoms. The Hall–Kier alpha value is -3.34. The quantitative estimate of drug-likeness (QED) is 0.435. The summed E-state index contributed by atoms with van der Waals surface area (Å²) in [6.45, 7) is 0. The topological polar surface area (TPSA) is 53.9 Å². The number of rotatable bonds is 4. The molecule has 1 N–H and O–H groups in total. The van der Waals surface area contributed by atoms with Crippen molar-refractivity contribution < 1.29 is 9.63 Å². The van der Waals surface area contributed by atoms with Crippen molar-refractivity contribution >= 4 is 34.5 Å². The van der Waals surface area contributed by atoms with Gasteiger partial charge in [0.15, 0.2) is 0 Å². The van der Waals surface area contributed by atoms with Crippen LogP contribution in [0.25, 0.3) is 10.8 Å². The molecule has 0 heterocycles. The third-order valence-corrected chi connectivity index (χ3v) is 3.77. The van der Waals surface area contributed by atoms with Gasteiger partial charge in [-0.05, 0) is 29.1 Å². The molecule has 0 aliphatic rings. The van der Waals surface area contributed by atoms with E-state index in [-0.39, 0.29) is 0 Å². The van der Waals surface area contributed by atoms with E-state index in [0.29, 0.717) is 5.69 Å². The Morgan fingerprint density at radius 2 is 1.72 bits per heavy atom. The summed E-state index contributed by atoms with van der Waals surface area (Å²) < 4.78 is 0. The van der Waals surface area contributed by atoms with Crippen molar-refractivity contribution in [3.05, 3.63) is 72.3 Å². The Morgan fingerprint density at radius 1 is 1.00 bits per heavy atom. The molecule has 25 heavy (non-hydrogen) atoms. The molecule has 0 fully saturated rings. The summed E-state index contributed by atoms with van der Waals surface area (Å²) in [4.78, 5) is 18.8. The lowest BCUT2D eigenvalue weighted by Gasteiger charge is -2.11. The number of anilines is 2. The van der Waals surface area contributed by atoms with Crippen molar-refractivity contribution in [1.82, 2.24) is 0 Å². The number of nitrogens with zero attached hydrogens (tertiary/aromatic N) is 2. The first kappa shape index (κ1) is 16.5. The molecule has 0 unspecified atom stereocenters. The zero-order valence-corrected chi connectivity index (χ0v) is 14.1. The van der Waals surface area contributed by atoms with Gasteiger partial charge in [-0.1, -0.05) is 53.7 Å². The number of hydrogen-bond donors (Lipinski definition) is 1. The molecule has 5 nitrogen and oxygen atoms in total. The first-order valence-corrected chi connectivity index (χ1v) is 7.90. The van der Waals surface area contributed by atoms with E-state index in [1.54, 1.807) is 0 Å². The second kappa shape index (κ2) is 7.49. The number of nitrogens with one attached hydrogen (secondary N) is 1. The molecule has 0 radical (unpaired) electrons. The molecule has 3 aromatic carbocycles. The molecule has 3 rings (SSSR count). The molecular formula is C20H19N3O2. The zero-order valence-electron chi connectivity index (χ0n) is 14.1. The average molecular weight is 333 g/mol. The smallest absolute Gasteiger partial charge is 0.378 e. The SMILES string of the molecule is CN(C)c1ccc(C=NOC(=O)Nc2cccc3ccccc23)cc1. The highest BCUT2D eigenvalue weighted by Gasteiger charge is 2.06. The highest BCUT2D eigenvalue weighted by Crippen LogP contribution is 2.23. The van der Waals surface area contributed by atoms with E-state index in [1.165, 1.54) is 6.21 Å². The van der Waals surface area contributed by atoms with Gasteiger partial charge >= 0.3 is 6.09 Å². The van der Waals surface area contributed by atoms with Gasteiger partial charge < -0.3 is 4.90 Å². The predicted molar refractivity (Wildman–Crippen MR) is 102 cm³/mol. The predicted octanol–water partition coefficient (Wildman–Crippen LogP) is 4.49. The number of amides is 1. The van der Waals surface area contributed by atoms with E-state index < -0.39 is 6.09 Å². The van der Waals surface area contributed by atoms with Crippen LogP contribution in [0, 0.1) is 0 Å². The van der Waals surface area contributed by atoms with Gasteiger partial charge in [0.25, 0.3) is 0 Å². The van der Waals surface area contributed by atoms with Crippen LogP contribution in [0.5, 0.6) is 0 Å². The third-order valence-electron chi connectivity index (χ3n) is 3.77. The zero-order chi connectivity index (χ0) is 17.6. The summed E-state index contributed by atoms with van der Waals surface area (Å²) >= 11 is 0. The summed E-state index contributed by atoms with van der Waals surface area (Å²) in [5, 5.41) is 8.45. The van der Waals surface area contributed by atoms with Crippen LogP contribution in [0.3, 0.4) is 0 Å². The van der Waals surface area contributed by atoms with Gasteiger partial charge in [0, 0.05) is 25.2 Å². The van der Waals surface area contributed by atoms with Crippen molar-refractivity contribution in [1.29, 1.82) is 0 Å². The van der Waals surface area contributed by atoms with Crippen molar-refractivity contribution in [2.45, 2.75) is 0 Å². The molecule has 126 valence electrons. The lowest BCUT2D eigenvalue weighted by Crippen LogP contribution is -2.11. The van der Waals surface area contributed by atoms with Crippen LogP contribution in [-0.2, 0) is 4.84 Å². The van der Waals surface area contributed by atoms with Gasteiger partial charge in [-0.25, -0.2) is 4.79 Å². The van der Waals surface area contributed by atoms with E-state index in [4.69, 9.17) is 4.84 Å². The number of oxime groups is 1. The van der Waals surface area contributed by atoms with E-state index in [0.717, 1.165) is 22.0 Å². The van der Waals surface area contributed by atoms with Crippen molar-refractivity contribution in [2.24, 2.45) is 5.16 Å². The number of hydrogen-bond acceptors (Lipinski definition) is 4. The van der Waals surface area contributed by atoms with Gasteiger partial charge in [0.1, 0.15) is 0 Å². The highest BCUT2D eigenvalue weighted by molar-refractivity contribution is 6.00. The fourth-order valence-electron chi connectivity index (χ4n) is 2.46. The van der Waals surface area contributed by atoms with E-state index in [1.807, 2.05) is 85.7 Å². The minimum atomic E-state index is -0.627. The van der Waals surface area contributed by atoms with Crippen molar-refractivity contribution in [3.8, 4) is 0 Å². The van der Waals surface area contributed by atoms with Gasteiger partial charge in [-0.15, -0.1) is 0 Å². The minimum absolute atomic E-state index is 0.627. The van der Waals surface area contributed by atoms with Gasteiger partial charge in [-0.2, -0.15) is 0 Å². The van der Waals surface area contributed by atoms with Crippen molar-refractivity contribution in [2.75, 3.05) is 24.3 Å². The lowest BCUT2D eigenvalue weighted by molar-refractivity contribution is 0.167. The maximum Gasteiger partial charge on any atom is 0.437 e. The maximum atomic E-state index is 11.9. The van der Waals surface area contributed by atoms with Gasteiger partial charge in [0.05, 0.1) is 11.9 Å². The molecule has 0 aliphatic carbocycles. The van der Waals surface area contributed by atoms with Crippen LogP contribution in [0.2, 0.25) is 0 Å². The Morgan fingerprint density at radius 3 is 2.48 bits per heavy atom. The molecule has 0 saturated heterocycles. The highest BCUT2D eigenvalue weighted by atomic mass is 16.7. The molecule has 0 aliphatic heterocycles. The van der Waals surface area contributed by atoms with Crippen molar-refractivity contribution in [3.63, 3.8) is 0 Å². The number of carbonyl (C=O) groups is 1. The minimum Gasteiger partial charge on any atom is -0.378 e. The van der Waals surface area contributed by atoms with Gasteiger partial charge in [0.2, 0.25) is 0 Å². The second-order valence-electron chi connectivity index (χ2n) is 5.75. The first-order chi connectivity index (χ1) is 12.1. The summed E-state index contributed by atoms with van der Waals surface area (Å²) in [6.07, 6.45) is 0.875. The average Bonchev–Trinajstić information content (AvgIpc) is 2.62. The fourth-order valence-corrected chi connectivity index (χ4v) is 2.46. The second-order valence-corrected chi connectivity index (χ2v) is 5.75. The van der Waals surface area contributed by atoms with E-state index in [2.05, 4.69) is 10.5 Å². The molecule has 5 heteroatoms. The molecule has 0 spiro atoms. The standard InChI is InChI=1S/C20H19N3O2/c1-23(2)17-12-10-15(11-13-17)14-21-25-20(24)22-19-9-5-7-16-6-3-4-8-18(16)19/h3-14H,1-2H3,(H,22,24). The molecule has 1 amide bonds. The Labute approximate surface area is 146 Å². The molecule has 0 aromatic heterocycles. The van der Waals surface area contributed by atoms with Crippen LogP contribution in [-0.4, -0.2) is 26.4 Å². The maximum absolute atomic E-state index is 11.9. The van der Waals surface area contributed by atoms with Crippen LogP contribution < -0.4 is 10.2 Å². The molecule has 3 aromatic rings. The molecule has 0 atom stereocenters. The van der Waals surface area contributed by atoms with Crippen LogP contribution >= 0.6 is 0 Å². The lowest BCUT2D eigenvalue weighted by atomic mass is 10.1. The number of fused-ring (bicyclic) bond motifs is 1. The molecular weight excluding hydrogens is 314 g/mol. The third kappa shape index (κ3) is 4.14. The van der Waals surface area contributed by atoms with E-state index in [9.17, 15) is 4.79 Å². The summed E-state index contributed by atoms with van der Waals surface area (Å²) in [5.74, 6) is 0.